The average molecular weight is 313 g/mol. The number of benzene rings is 1. The maximum Gasteiger partial charge on any atom is 0.131 e. The smallest absolute Gasteiger partial charge is 0.131 e. The first-order valence-corrected chi connectivity index (χ1v) is 6.15. The minimum absolute atomic E-state index is 0.360. The van der Waals surface area contributed by atoms with Crippen LogP contribution in [0.1, 0.15) is 17.3 Å². The molecule has 0 spiro atoms. The second kappa shape index (κ2) is 5.54. The predicted molar refractivity (Wildman–Crippen MR) is 69.2 cm³/mol. The van der Waals surface area contributed by atoms with Gasteiger partial charge in [0, 0.05) is 22.3 Å². The molecule has 0 saturated heterocycles. The molecule has 94 valence electrons. The normalized spacial score (nSPS) is 12.4. The van der Waals surface area contributed by atoms with E-state index in [1.165, 1.54) is 12.1 Å². The Balaban J connectivity index is 2.49. The second-order valence-electron chi connectivity index (χ2n) is 3.76. The molecule has 0 aliphatic rings. The Morgan fingerprint density at radius 1 is 1.28 bits per heavy atom. The molecule has 2 nitrogen and oxygen atoms in total. The lowest BCUT2D eigenvalue weighted by atomic mass is 10.0. The van der Waals surface area contributed by atoms with E-state index in [1.807, 2.05) is 6.07 Å². The zero-order valence-electron chi connectivity index (χ0n) is 9.62. The lowest BCUT2D eigenvalue weighted by Gasteiger charge is -2.18. The summed E-state index contributed by atoms with van der Waals surface area (Å²) in [6.45, 7) is 0. The Hall–Kier alpha value is -1.33. The van der Waals surface area contributed by atoms with Crippen LogP contribution in [-0.2, 0) is 0 Å². The van der Waals surface area contributed by atoms with Crippen LogP contribution in [0, 0.1) is 11.6 Å². The highest BCUT2D eigenvalue weighted by molar-refractivity contribution is 9.10. The molecule has 0 aliphatic heterocycles. The Labute approximate surface area is 112 Å². The van der Waals surface area contributed by atoms with Crippen LogP contribution in [0.15, 0.2) is 41.0 Å². The number of nitrogens with zero attached hydrogens (tertiary/aromatic N) is 1. The van der Waals surface area contributed by atoms with Gasteiger partial charge in [0.15, 0.2) is 0 Å². The Kier molecular flexibility index (Phi) is 4.04. The van der Waals surface area contributed by atoms with Crippen LogP contribution in [0.25, 0.3) is 0 Å². The van der Waals surface area contributed by atoms with E-state index in [1.54, 1.807) is 19.3 Å². The van der Waals surface area contributed by atoms with Gasteiger partial charge in [0.05, 0.1) is 11.7 Å². The fourth-order valence-corrected chi connectivity index (χ4v) is 2.27. The van der Waals surface area contributed by atoms with Crippen LogP contribution in [0.4, 0.5) is 8.78 Å². The molecule has 1 aromatic heterocycles. The van der Waals surface area contributed by atoms with Gasteiger partial charge in [0.1, 0.15) is 11.6 Å². The van der Waals surface area contributed by atoms with Crippen molar-refractivity contribution >= 4 is 15.9 Å². The van der Waals surface area contributed by atoms with Crippen molar-refractivity contribution in [2.24, 2.45) is 0 Å². The van der Waals surface area contributed by atoms with E-state index < -0.39 is 17.7 Å². The average Bonchev–Trinajstić information content (AvgIpc) is 2.34. The molecule has 0 aliphatic carbocycles. The Morgan fingerprint density at radius 3 is 2.67 bits per heavy atom. The number of nitrogens with one attached hydrogen (secondary N) is 1. The second-order valence-corrected chi connectivity index (χ2v) is 4.61. The van der Waals surface area contributed by atoms with Gasteiger partial charge in [0.2, 0.25) is 0 Å². The monoisotopic (exact) mass is 312 g/mol. The van der Waals surface area contributed by atoms with Gasteiger partial charge in [0.25, 0.3) is 0 Å². The lowest BCUT2D eigenvalue weighted by molar-refractivity contribution is 0.547. The molecule has 0 amide bonds. The van der Waals surface area contributed by atoms with Crippen molar-refractivity contribution in [1.29, 1.82) is 0 Å². The van der Waals surface area contributed by atoms with Crippen molar-refractivity contribution in [2.75, 3.05) is 7.05 Å². The summed E-state index contributed by atoms with van der Waals surface area (Å²) in [5, 5.41) is 2.98. The highest BCUT2D eigenvalue weighted by Gasteiger charge is 2.19. The van der Waals surface area contributed by atoms with Crippen LogP contribution in [-0.4, -0.2) is 12.0 Å². The van der Waals surface area contributed by atoms with Crippen LogP contribution in [0.2, 0.25) is 0 Å². The molecule has 1 heterocycles. The summed E-state index contributed by atoms with van der Waals surface area (Å²) in [6.07, 6.45) is 1.63. The number of halogens is 3. The van der Waals surface area contributed by atoms with Crippen LogP contribution >= 0.6 is 15.9 Å². The molecule has 1 aromatic carbocycles. The summed E-state index contributed by atoms with van der Waals surface area (Å²) >= 11 is 3.38. The molecule has 0 bridgehead atoms. The topological polar surface area (TPSA) is 24.9 Å². The quantitative estimate of drug-likeness (QED) is 0.939. The summed E-state index contributed by atoms with van der Waals surface area (Å²) < 4.78 is 27.5. The predicted octanol–water partition coefficient (Wildman–Crippen LogP) is 3.43. The molecule has 1 atom stereocenters. The fraction of sp³-hybridized carbons (Fsp3) is 0.154. The zero-order chi connectivity index (χ0) is 13.1. The molecule has 5 heteroatoms. The van der Waals surface area contributed by atoms with Crippen molar-refractivity contribution < 1.29 is 8.78 Å². The molecule has 0 saturated carbocycles. The molecule has 0 radical (unpaired) electrons. The zero-order valence-corrected chi connectivity index (χ0v) is 11.2. The van der Waals surface area contributed by atoms with Gasteiger partial charge in [-0.3, -0.25) is 4.98 Å². The Bertz CT molecular complexity index is 560. The molecule has 18 heavy (non-hydrogen) atoms. The summed E-state index contributed by atoms with van der Waals surface area (Å²) in [7, 11) is 1.70. The number of rotatable bonds is 3. The van der Waals surface area contributed by atoms with Gasteiger partial charge in [-0.05, 0) is 41.2 Å². The Morgan fingerprint density at radius 2 is 2.06 bits per heavy atom. The number of hydrogen-bond donors (Lipinski definition) is 1. The molecular weight excluding hydrogens is 302 g/mol. The molecule has 1 N–H and O–H groups in total. The van der Waals surface area contributed by atoms with Crippen LogP contribution in [0.3, 0.4) is 0 Å². The first-order valence-electron chi connectivity index (χ1n) is 5.36. The third-order valence-electron chi connectivity index (χ3n) is 2.62. The number of pyridine rings is 1. The maximum absolute atomic E-state index is 13.8. The van der Waals surface area contributed by atoms with Gasteiger partial charge in [-0.25, -0.2) is 8.78 Å². The summed E-state index contributed by atoms with van der Waals surface area (Å²) in [4.78, 5) is 4.22. The van der Waals surface area contributed by atoms with Gasteiger partial charge in [-0.2, -0.15) is 0 Å². The first kappa shape index (κ1) is 13.1. The van der Waals surface area contributed by atoms with Gasteiger partial charge in [-0.1, -0.05) is 6.07 Å². The van der Waals surface area contributed by atoms with Crippen LogP contribution in [0.5, 0.6) is 0 Å². The number of hydrogen-bond acceptors (Lipinski definition) is 2. The molecule has 2 rings (SSSR count). The molecular formula is C13H11BrF2N2. The van der Waals surface area contributed by atoms with E-state index in [4.69, 9.17) is 0 Å². The van der Waals surface area contributed by atoms with Gasteiger partial charge < -0.3 is 5.32 Å². The largest absolute Gasteiger partial charge is 0.308 e. The van der Waals surface area contributed by atoms with Crippen molar-refractivity contribution in [3.05, 3.63) is 63.9 Å². The van der Waals surface area contributed by atoms with Crippen molar-refractivity contribution in [1.82, 2.24) is 10.3 Å². The van der Waals surface area contributed by atoms with E-state index in [9.17, 15) is 8.78 Å². The lowest BCUT2D eigenvalue weighted by Crippen LogP contribution is -2.20. The van der Waals surface area contributed by atoms with E-state index in [-0.39, 0.29) is 0 Å². The van der Waals surface area contributed by atoms with Crippen LogP contribution < -0.4 is 5.32 Å². The van der Waals surface area contributed by atoms with Crippen molar-refractivity contribution in [2.45, 2.75) is 6.04 Å². The minimum Gasteiger partial charge on any atom is -0.308 e. The van der Waals surface area contributed by atoms with Crippen molar-refractivity contribution in [3.63, 3.8) is 0 Å². The van der Waals surface area contributed by atoms with Crippen molar-refractivity contribution in [3.8, 4) is 0 Å². The van der Waals surface area contributed by atoms with Gasteiger partial charge in [-0.15, -0.1) is 0 Å². The van der Waals surface area contributed by atoms with E-state index in [2.05, 4.69) is 26.2 Å². The molecule has 0 fully saturated rings. The first-order chi connectivity index (χ1) is 8.63. The SMILES string of the molecule is CNC(c1ccc(F)cc1F)c1ncccc1Br. The third kappa shape index (κ3) is 2.57. The summed E-state index contributed by atoms with van der Waals surface area (Å²) in [5.41, 5.74) is 1.02. The van der Waals surface area contributed by atoms with E-state index in [0.717, 1.165) is 10.5 Å². The maximum atomic E-state index is 13.8. The molecule has 2 aromatic rings. The summed E-state index contributed by atoms with van der Waals surface area (Å²) in [5.74, 6) is -1.18. The van der Waals surface area contributed by atoms with E-state index >= 15 is 0 Å². The fourth-order valence-electron chi connectivity index (χ4n) is 1.79. The highest BCUT2D eigenvalue weighted by Crippen LogP contribution is 2.28. The number of aromatic nitrogens is 1. The van der Waals surface area contributed by atoms with E-state index in [0.29, 0.717) is 11.3 Å². The standard InChI is InChI=1S/C13H11BrF2N2/c1-17-12(13-10(14)3-2-6-18-13)9-5-4-8(15)7-11(9)16/h2-7,12,17H,1H3. The summed E-state index contributed by atoms with van der Waals surface area (Å²) in [6, 6.07) is 6.71. The third-order valence-corrected chi connectivity index (χ3v) is 3.29. The minimum atomic E-state index is -0.591. The molecule has 1 unspecified atom stereocenters. The van der Waals surface area contributed by atoms with Gasteiger partial charge >= 0.3 is 0 Å². The highest BCUT2D eigenvalue weighted by atomic mass is 79.9.